The lowest BCUT2D eigenvalue weighted by atomic mass is 9.84. The minimum Gasteiger partial charge on any atom is -0.398 e. The highest BCUT2D eigenvalue weighted by Gasteiger charge is 2.52. The monoisotopic (exact) mass is 808 g/mol. The van der Waals surface area contributed by atoms with Gasteiger partial charge in [0.25, 0.3) is 11.1 Å². The van der Waals surface area contributed by atoms with Gasteiger partial charge in [-0.05, 0) is 116 Å². The van der Waals surface area contributed by atoms with Crippen molar-refractivity contribution in [1.29, 1.82) is 0 Å². The Morgan fingerprint density at radius 2 is 1.03 bits per heavy atom. The van der Waals surface area contributed by atoms with Crippen LogP contribution in [0.4, 0.5) is 8.78 Å². The van der Waals surface area contributed by atoms with Crippen LogP contribution >= 0.6 is 11.6 Å². The highest BCUT2D eigenvalue weighted by Crippen LogP contribution is 2.36. The van der Waals surface area contributed by atoms with E-state index in [4.69, 9.17) is 20.9 Å². The topological polar surface area (TPSA) is 148 Å². The number of hydrogen-bond acceptors (Lipinski definition) is 10. The molecule has 0 amide bonds. The van der Waals surface area contributed by atoms with Crippen LogP contribution in [-0.2, 0) is 9.31 Å². The van der Waals surface area contributed by atoms with Gasteiger partial charge < -0.3 is 9.31 Å². The second-order valence-corrected chi connectivity index (χ2v) is 15.7. The second-order valence-electron chi connectivity index (χ2n) is 15.3. The van der Waals surface area contributed by atoms with Gasteiger partial charge in [0.2, 0.25) is 0 Å². The van der Waals surface area contributed by atoms with Crippen LogP contribution < -0.4 is 16.7 Å². The molecule has 0 spiro atoms. The fourth-order valence-electron chi connectivity index (χ4n) is 6.47. The molecule has 9 heterocycles. The summed E-state index contributed by atoms with van der Waals surface area (Å²) in [7, 11) is -0.439. The summed E-state index contributed by atoms with van der Waals surface area (Å²) in [5, 5.41) is 9.18. The highest BCUT2D eigenvalue weighted by atomic mass is 35.5. The highest BCUT2D eigenvalue weighted by molar-refractivity contribution is 6.61. The van der Waals surface area contributed by atoms with Crippen molar-refractivity contribution >= 4 is 46.9 Å². The maximum Gasteiger partial charge on any atom is 0.516 e. The van der Waals surface area contributed by atoms with Crippen molar-refractivity contribution in [3.63, 3.8) is 0 Å². The SMILES string of the molecule is Cc1cc(F)cn2c(=O)cc(Cl)nc12.Cc1cn2nc(-c3cc(=O)n4cc(F)cc(C)c4n3)cc(C)c2n1.Cc1cn2nc(B3OC(C)(C)C(C)(C)O3)cc(C)c2n1. The molecule has 1 fully saturated rings. The van der Waals surface area contributed by atoms with Gasteiger partial charge in [0, 0.05) is 24.5 Å². The van der Waals surface area contributed by atoms with Crippen LogP contribution in [0.2, 0.25) is 5.15 Å². The van der Waals surface area contributed by atoms with Crippen LogP contribution in [0.25, 0.3) is 34.0 Å². The molecule has 8 aromatic rings. The smallest absolute Gasteiger partial charge is 0.398 e. The lowest BCUT2D eigenvalue weighted by molar-refractivity contribution is 0.00578. The number of imidazole rings is 2. The Morgan fingerprint density at radius 1 is 0.569 bits per heavy atom. The first-order valence-electron chi connectivity index (χ1n) is 18.3. The van der Waals surface area contributed by atoms with E-state index in [2.05, 4.69) is 30.1 Å². The van der Waals surface area contributed by atoms with Crippen molar-refractivity contribution in [3.8, 4) is 11.4 Å². The number of fused-ring (bicyclic) bond motifs is 4. The summed E-state index contributed by atoms with van der Waals surface area (Å²) in [6.07, 6.45) is 5.97. The van der Waals surface area contributed by atoms with Crippen molar-refractivity contribution in [3.05, 3.63) is 132 Å². The van der Waals surface area contributed by atoms with Crippen molar-refractivity contribution < 1.29 is 18.1 Å². The fourth-order valence-corrected chi connectivity index (χ4v) is 6.65. The summed E-state index contributed by atoms with van der Waals surface area (Å²) in [5.74, 6) is -0.942. The molecule has 18 heteroatoms. The van der Waals surface area contributed by atoms with Crippen molar-refractivity contribution in [2.75, 3.05) is 0 Å². The van der Waals surface area contributed by atoms with Crippen LogP contribution in [-0.4, -0.2) is 66.3 Å². The summed E-state index contributed by atoms with van der Waals surface area (Å²) in [6, 6.07) is 9.00. The Kier molecular flexibility index (Phi) is 10.3. The maximum absolute atomic E-state index is 13.5. The molecule has 8 aromatic heterocycles. The number of nitrogens with zero attached hydrogens (tertiary/aromatic N) is 10. The molecule has 0 bridgehead atoms. The second kappa shape index (κ2) is 14.8. The van der Waals surface area contributed by atoms with Gasteiger partial charge in [0.05, 0.1) is 46.3 Å². The molecule has 298 valence electrons. The maximum atomic E-state index is 13.5. The van der Waals surface area contributed by atoms with E-state index in [9.17, 15) is 18.4 Å². The Balaban J connectivity index is 0.000000137. The molecule has 0 saturated carbocycles. The zero-order valence-electron chi connectivity index (χ0n) is 33.6. The molecule has 0 radical (unpaired) electrons. The van der Waals surface area contributed by atoms with Gasteiger partial charge in [-0.3, -0.25) is 18.4 Å². The number of aromatic nitrogens is 10. The first-order valence-corrected chi connectivity index (χ1v) is 18.7. The third kappa shape index (κ3) is 7.72. The molecule has 0 atom stereocenters. The number of pyridine rings is 2. The molecule has 58 heavy (non-hydrogen) atoms. The van der Waals surface area contributed by atoms with E-state index < -0.39 is 18.8 Å². The molecule has 1 aliphatic rings. The Labute approximate surface area is 336 Å². The lowest BCUT2D eigenvalue weighted by Gasteiger charge is -2.32. The first-order chi connectivity index (χ1) is 27.2. The van der Waals surface area contributed by atoms with Crippen LogP contribution in [0, 0.1) is 53.2 Å². The third-order valence-electron chi connectivity index (χ3n) is 10.0. The minimum atomic E-state index is -0.471. The van der Waals surface area contributed by atoms with Crippen molar-refractivity contribution in [2.24, 2.45) is 0 Å². The molecule has 0 aliphatic carbocycles. The van der Waals surface area contributed by atoms with E-state index in [1.165, 1.54) is 22.6 Å². The Bertz CT molecular complexity index is 3030. The van der Waals surface area contributed by atoms with Gasteiger partial charge in [-0.25, -0.2) is 37.7 Å². The van der Waals surface area contributed by atoms with Crippen LogP contribution in [0.1, 0.15) is 61.3 Å². The lowest BCUT2D eigenvalue weighted by Crippen LogP contribution is -2.41. The molecular weight excluding hydrogens is 769 g/mol. The molecule has 0 N–H and O–H groups in total. The quantitative estimate of drug-likeness (QED) is 0.153. The van der Waals surface area contributed by atoms with Crippen LogP contribution in [0.5, 0.6) is 0 Å². The zero-order chi connectivity index (χ0) is 42.0. The molecular formula is C40H40BClF2N10O4. The largest absolute Gasteiger partial charge is 0.516 e. The van der Waals surface area contributed by atoms with E-state index in [0.717, 1.165) is 62.3 Å². The Morgan fingerprint density at radius 3 is 1.59 bits per heavy atom. The molecule has 1 aliphatic heterocycles. The van der Waals surface area contributed by atoms with E-state index >= 15 is 0 Å². The predicted molar refractivity (Wildman–Crippen MR) is 217 cm³/mol. The average Bonchev–Trinajstić information content (AvgIpc) is 3.77. The minimum absolute atomic E-state index is 0.115. The molecule has 1 saturated heterocycles. The van der Waals surface area contributed by atoms with E-state index in [0.29, 0.717) is 33.8 Å². The number of aryl methyl sites for hydroxylation is 6. The first kappa shape index (κ1) is 40.3. The van der Waals surface area contributed by atoms with Gasteiger partial charge in [-0.1, -0.05) is 11.6 Å². The summed E-state index contributed by atoms with van der Waals surface area (Å²) in [4.78, 5) is 41.0. The third-order valence-corrected chi connectivity index (χ3v) is 10.2. The van der Waals surface area contributed by atoms with Gasteiger partial charge in [0.1, 0.15) is 33.8 Å². The van der Waals surface area contributed by atoms with Gasteiger partial charge in [0.15, 0.2) is 11.3 Å². The summed E-state index contributed by atoms with van der Waals surface area (Å²) < 4.78 is 44.4. The molecule has 14 nitrogen and oxygen atoms in total. The van der Waals surface area contributed by atoms with E-state index in [1.54, 1.807) is 22.9 Å². The number of rotatable bonds is 2. The predicted octanol–water partition coefficient (Wildman–Crippen LogP) is 5.91. The summed E-state index contributed by atoms with van der Waals surface area (Å²) >= 11 is 5.62. The molecule has 0 aromatic carbocycles. The number of hydrogen-bond donors (Lipinski definition) is 0. The van der Waals surface area contributed by atoms with Gasteiger partial charge in [-0.2, -0.15) is 10.2 Å². The van der Waals surface area contributed by atoms with Gasteiger partial charge in [-0.15, -0.1) is 0 Å². The van der Waals surface area contributed by atoms with Crippen molar-refractivity contribution in [2.45, 2.75) is 80.4 Å². The van der Waals surface area contributed by atoms with Gasteiger partial charge >= 0.3 is 7.12 Å². The summed E-state index contributed by atoms with van der Waals surface area (Å²) in [5.41, 5.74) is 7.78. The molecule has 9 rings (SSSR count). The standard InChI is InChI=1S/C17H14FN5O.C14H20BN3O2.C9H6ClFN2O/c1-9-4-12(18)8-22-15(24)6-13(20-16(9)22)14-5-10(2)17-19-11(3)7-23(17)21-14;1-9-7-11(17-18-8-10(2)16-12(9)18)15-19-13(3,4)14(5,6)20-15;1-5-2-6(11)4-13-8(14)3-7(10)12-9(5)13/h4-8H,1-3H3;7-8H,1-6H3;2-4H,1H3. The zero-order valence-corrected chi connectivity index (χ0v) is 34.3. The number of halogens is 3. The van der Waals surface area contributed by atoms with E-state index in [-0.39, 0.29) is 27.5 Å². The summed E-state index contributed by atoms with van der Waals surface area (Å²) in [6.45, 7) is 19.4. The van der Waals surface area contributed by atoms with E-state index in [1.807, 2.05) is 79.9 Å². The van der Waals surface area contributed by atoms with Crippen LogP contribution in [0.15, 0.2) is 70.8 Å². The molecule has 0 unspecified atom stereocenters. The normalized spacial score (nSPS) is 14.5. The average molecular weight is 809 g/mol. The van der Waals surface area contributed by atoms with Crippen LogP contribution in [0.3, 0.4) is 0 Å². The van der Waals surface area contributed by atoms with Crippen molar-refractivity contribution in [1.82, 2.24) is 48.0 Å². The Hall–Kier alpha value is -5.91. The fraction of sp³-hybridized carbons (Fsp3) is 0.300.